The zero-order valence-corrected chi connectivity index (χ0v) is 31.3. The molecule has 0 spiro atoms. The third kappa shape index (κ3) is 8.34. The standard InChI is InChI=1S/C42H51N3O8/c1-6-30-35(52-34-23-32(26-15-12-10-13-16-26)43-33-22-29(51-5)19-20-31(33)34)25-45-37(30)38(47)44-42(40(49)50)24-28(42)18-14-9-7-8-11-17-27(39(45)48)21-36(46)53-41(2,3)4/h10,12-16,18-20,22-23,27-28,30,35,37H,6-9,11,17,21,24-25H2,1-5H3,(H,44,47)(H,49,50)/t27-,28-,30?,35+,37+,42-/m1/s1. The van der Waals surface area contributed by atoms with Gasteiger partial charge in [0.15, 0.2) is 0 Å². The lowest BCUT2D eigenvalue weighted by molar-refractivity contribution is -0.159. The fourth-order valence-corrected chi connectivity index (χ4v) is 7.85. The van der Waals surface area contributed by atoms with Crippen molar-refractivity contribution in [3.05, 3.63) is 66.7 Å². The van der Waals surface area contributed by atoms with Crippen LogP contribution in [0, 0.1) is 17.8 Å². The maximum atomic E-state index is 14.7. The summed E-state index contributed by atoms with van der Waals surface area (Å²) in [5.41, 5.74) is 0.0605. The highest BCUT2D eigenvalue weighted by molar-refractivity contribution is 5.96. The predicted octanol–water partition coefficient (Wildman–Crippen LogP) is 6.72. The Morgan fingerprint density at radius 1 is 1.06 bits per heavy atom. The fraction of sp³-hybridized carbons (Fsp3) is 0.500. The number of rotatable bonds is 8. The molecule has 282 valence electrons. The van der Waals surface area contributed by atoms with Gasteiger partial charge in [0.1, 0.15) is 34.8 Å². The molecule has 0 radical (unpaired) electrons. The minimum atomic E-state index is -1.44. The largest absolute Gasteiger partial charge is 0.497 e. The van der Waals surface area contributed by atoms with Gasteiger partial charge in [-0.3, -0.25) is 14.4 Å². The first-order valence-corrected chi connectivity index (χ1v) is 18.8. The number of aliphatic carboxylic acids is 1. The van der Waals surface area contributed by atoms with Gasteiger partial charge in [-0.1, -0.05) is 62.2 Å². The van der Waals surface area contributed by atoms with Crippen LogP contribution in [0.3, 0.4) is 0 Å². The number of nitrogens with one attached hydrogen (secondary N) is 1. The van der Waals surface area contributed by atoms with Gasteiger partial charge in [0.2, 0.25) is 11.8 Å². The van der Waals surface area contributed by atoms with Gasteiger partial charge in [-0.15, -0.1) is 0 Å². The van der Waals surface area contributed by atoms with Crippen LogP contribution in [0.2, 0.25) is 0 Å². The van der Waals surface area contributed by atoms with Crippen LogP contribution in [0.5, 0.6) is 11.5 Å². The second-order valence-electron chi connectivity index (χ2n) is 15.5. The number of pyridine rings is 1. The van der Waals surface area contributed by atoms with E-state index in [4.69, 9.17) is 19.2 Å². The van der Waals surface area contributed by atoms with Crippen molar-refractivity contribution in [2.45, 2.75) is 102 Å². The molecule has 1 aliphatic carbocycles. The van der Waals surface area contributed by atoms with Crippen LogP contribution in [0.1, 0.15) is 79.1 Å². The number of allylic oxidation sites excluding steroid dienone is 1. The predicted molar refractivity (Wildman–Crippen MR) is 200 cm³/mol. The fourth-order valence-electron chi connectivity index (χ4n) is 7.85. The number of carbonyl (C=O) groups is 4. The Hall–Kier alpha value is -4.93. The molecule has 1 saturated heterocycles. The first-order chi connectivity index (χ1) is 25.3. The van der Waals surface area contributed by atoms with E-state index in [0.717, 1.165) is 30.2 Å². The summed E-state index contributed by atoms with van der Waals surface area (Å²) in [7, 11) is 1.59. The van der Waals surface area contributed by atoms with Crippen molar-refractivity contribution < 1.29 is 38.5 Å². The molecule has 6 rings (SSSR count). The normalized spacial score (nSPS) is 26.4. The summed E-state index contributed by atoms with van der Waals surface area (Å²) < 4.78 is 18.0. The number of methoxy groups -OCH3 is 1. The molecule has 3 aliphatic rings. The third-order valence-electron chi connectivity index (χ3n) is 10.7. The SMILES string of the molecule is CCC1[C@@H](Oc2cc(-c3ccccc3)nc3cc(OC)ccc23)CN2C(=O)[C@@H](CC(=O)OC(C)(C)C)CCCCCC=C[C@@H]3C[C@@]3(C(=O)O)NC(=O)[C@H]12. The van der Waals surface area contributed by atoms with Crippen molar-refractivity contribution in [3.63, 3.8) is 0 Å². The van der Waals surface area contributed by atoms with Gasteiger partial charge in [-0.2, -0.15) is 0 Å². The molecule has 53 heavy (non-hydrogen) atoms. The van der Waals surface area contributed by atoms with Gasteiger partial charge in [0.25, 0.3) is 0 Å². The van der Waals surface area contributed by atoms with Crippen LogP contribution in [-0.4, -0.2) is 75.7 Å². The lowest BCUT2D eigenvalue weighted by Crippen LogP contribution is -2.55. The molecule has 6 atom stereocenters. The number of carboxylic acid groups (broad SMARTS) is 1. The monoisotopic (exact) mass is 725 g/mol. The van der Waals surface area contributed by atoms with Crippen molar-refractivity contribution >= 4 is 34.7 Å². The van der Waals surface area contributed by atoms with E-state index in [2.05, 4.69) is 5.32 Å². The number of carbonyl (C=O) groups excluding carboxylic acids is 3. The Labute approximate surface area is 311 Å². The Kier molecular flexibility index (Phi) is 11.1. The zero-order chi connectivity index (χ0) is 37.9. The van der Waals surface area contributed by atoms with E-state index < -0.39 is 53.0 Å². The highest BCUT2D eigenvalue weighted by atomic mass is 16.6. The number of esters is 1. The molecule has 3 heterocycles. The van der Waals surface area contributed by atoms with E-state index >= 15 is 0 Å². The number of benzene rings is 2. The summed E-state index contributed by atoms with van der Waals surface area (Å²) in [6, 6.07) is 16.1. The number of aromatic nitrogens is 1. The van der Waals surface area contributed by atoms with Gasteiger partial charge in [0, 0.05) is 40.8 Å². The molecule has 3 aromatic rings. The van der Waals surface area contributed by atoms with Crippen molar-refractivity contribution in [1.82, 2.24) is 15.2 Å². The van der Waals surface area contributed by atoms with E-state index in [1.54, 1.807) is 27.9 Å². The molecular weight excluding hydrogens is 674 g/mol. The van der Waals surface area contributed by atoms with E-state index in [-0.39, 0.29) is 31.2 Å². The second-order valence-corrected chi connectivity index (χ2v) is 15.5. The zero-order valence-electron chi connectivity index (χ0n) is 31.3. The molecule has 2 fully saturated rings. The second kappa shape index (κ2) is 15.6. The summed E-state index contributed by atoms with van der Waals surface area (Å²) in [6.07, 6.45) is 7.50. The average molecular weight is 726 g/mol. The molecule has 2 amide bonds. The number of amides is 2. The van der Waals surface area contributed by atoms with Gasteiger partial charge in [-0.25, -0.2) is 9.78 Å². The lowest BCUT2D eigenvalue weighted by atomic mass is 9.92. The van der Waals surface area contributed by atoms with Crippen molar-refractivity contribution in [2.75, 3.05) is 13.7 Å². The van der Waals surface area contributed by atoms with Crippen LogP contribution in [0.25, 0.3) is 22.2 Å². The molecule has 1 unspecified atom stereocenters. The van der Waals surface area contributed by atoms with Crippen molar-refractivity contribution in [3.8, 4) is 22.8 Å². The van der Waals surface area contributed by atoms with Crippen LogP contribution in [0.15, 0.2) is 66.7 Å². The molecule has 1 saturated carbocycles. The highest BCUT2D eigenvalue weighted by Gasteiger charge is 2.62. The van der Waals surface area contributed by atoms with Crippen LogP contribution < -0.4 is 14.8 Å². The molecule has 11 nitrogen and oxygen atoms in total. The summed E-state index contributed by atoms with van der Waals surface area (Å²) in [4.78, 5) is 61.5. The smallest absolute Gasteiger partial charge is 0.330 e. The van der Waals surface area contributed by atoms with Crippen molar-refractivity contribution in [2.24, 2.45) is 17.8 Å². The summed E-state index contributed by atoms with van der Waals surface area (Å²) in [6.45, 7) is 7.38. The van der Waals surface area contributed by atoms with E-state index in [9.17, 15) is 24.3 Å². The number of carboxylic acids is 1. The van der Waals surface area contributed by atoms with Gasteiger partial charge >= 0.3 is 11.9 Å². The number of hydrogen-bond acceptors (Lipinski definition) is 8. The summed E-state index contributed by atoms with van der Waals surface area (Å²) in [5, 5.41) is 14.0. The number of fused-ring (bicyclic) bond motifs is 3. The van der Waals surface area contributed by atoms with Gasteiger partial charge < -0.3 is 29.5 Å². The van der Waals surface area contributed by atoms with E-state index in [1.807, 2.05) is 73.7 Å². The van der Waals surface area contributed by atoms with Crippen molar-refractivity contribution in [1.29, 1.82) is 0 Å². The lowest BCUT2D eigenvalue weighted by Gasteiger charge is -2.31. The molecule has 2 aromatic carbocycles. The average Bonchev–Trinajstić information content (AvgIpc) is 3.70. The van der Waals surface area contributed by atoms with Crippen LogP contribution >= 0.6 is 0 Å². The Morgan fingerprint density at radius 2 is 1.83 bits per heavy atom. The topological polar surface area (TPSA) is 144 Å². The van der Waals surface area contributed by atoms with Crippen LogP contribution in [-0.2, 0) is 23.9 Å². The molecular formula is C42H51N3O8. The first kappa shape index (κ1) is 37.8. The Morgan fingerprint density at radius 3 is 2.53 bits per heavy atom. The van der Waals surface area contributed by atoms with Crippen LogP contribution in [0.4, 0.5) is 0 Å². The van der Waals surface area contributed by atoms with Gasteiger partial charge in [-0.05, 0) is 65.0 Å². The Balaban J connectivity index is 1.40. The van der Waals surface area contributed by atoms with E-state index in [0.29, 0.717) is 42.0 Å². The maximum Gasteiger partial charge on any atom is 0.330 e. The minimum absolute atomic E-state index is 0.0737. The molecule has 2 N–H and O–H groups in total. The molecule has 11 heteroatoms. The third-order valence-corrected chi connectivity index (χ3v) is 10.7. The first-order valence-electron chi connectivity index (χ1n) is 18.8. The quantitative estimate of drug-likeness (QED) is 0.191. The molecule has 0 bridgehead atoms. The highest BCUT2D eigenvalue weighted by Crippen LogP contribution is 2.46. The molecule has 2 aliphatic heterocycles. The molecule has 1 aromatic heterocycles. The maximum absolute atomic E-state index is 14.7. The summed E-state index contributed by atoms with van der Waals surface area (Å²) in [5.74, 6) is -2.83. The number of ether oxygens (including phenoxy) is 3. The van der Waals surface area contributed by atoms with Gasteiger partial charge in [0.05, 0.1) is 31.3 Å². The number of nitrogens with zero attached hydrogens (tertiary/aromatic N) is 2. The number of hydrogen-bond donors (Lipinski definition) is 2. The minimum Gasteiger partial charge on any atom is -0.497 e. The summed E-state index contributed by atoms with van der Waals surface area (Å²) >= 11 is 0. The van der Waals surface area contributed by atoms with E-state index in [1.165, 1.54) is 4.90 Å². The Bertz CT molecular complexity index is 1870.